The fourth-order valence-corrected chi connectivity index (χ4v) is 5.59. The first-order valence-electron chi connectivity index (χ1n) is 10.5. The Kier molecular flexibility index (Phi) is 6.02. The zero-order valence-corrected chi connectivity index (χ0v) is 18.0. The number of rotatable bonds is 5. The second-order valence-electron chi connectivity index (χ2n) is 9.59. The van der Waals surface area contributed by atoms with Gasteiger partial charge in [-0.05, 0) is 31.3 Å². The topological polar surface area (TPSA) is 113 Å². The molecule has 7 nitrogen and oxygen atoms in total. The second kappa shape index (κ2) is 7.94. The third-order valence-corrected chi connectivity index (χ3v) is 7.08. The average Bonchev–Trinajstić information content (AvgIpc) is 2.94. The summed E-state index contributed by atoms with van der Waals surface area (Å²) in [7, 11) is 0. The smallest absolute Gasteiger partial charge is 0.343 e. The van der Waals surface area contributed by atoms with Crippen molar-refractivity contribution in [1.29, 1.82) is 0 Å². The number of esters is 2. The molecule has 0 aromatic rings. The van der Waals surface area contributed by atoms with Crippen molar-refractivity contribution in [3.8, 4) is 0 Å². The Morgan fingerprint density at radius 3 is 2.63 bits per heavy atom. The van der Waals surface area contributed by atoms with Crippen molar-refractivity contribution >= 4 is 11.9 Å². The Bertz CT molecular complexity index is 793. The monoisotopic (exact) mass is 420 g/mol. The van der Waals surface area contributed by atoms with E-state index in [-0.39, 0.29) is 17.9 Å². The van der Waals surface area contributed by atoms with Gasteiger partial charge in [-0.15, -0.1) is 0 Å². The number of hydrogen-bond acceptors (Lipinski definition) is 7. The molecule has 3 rings (SSSR count). The highest BCUT2D eigenvalue weighted by Gasteiger charge is 2.69. The summed E-state index contributed by atoms with van der Waals surface area (Å²) in [4.78, 5) is 25.0. The van der Waals surface area contributed by atoms with Crippen molar-refractivity contribution in [3.63, 3.8) is 0 Å². The van der Waals surface area contributed by atoms with Crippen molar-refractivity contribution in [2.45, 2.75) is 70.9 Å². The van der Waals surface area contributed by atoms with Crippen LogP contribution in [0.4, 0.5) is 0 Å². The molecule has 3 aliphatic rings. The number of allylic oxidation sites excluding steroid dienone is 2. The summed E-state index contributed by atoms with van der Waals surface area (Å²) in [5.41, 5.74) is -2.29. The van der Waals surface area contributed by atoms with E-state index in [9.17, 15) is 24.9 Å². The molecule has 1 saturated heterocycles. The Morgan fingerprint density at radius 2 is 1.97 bits per heavy atom. The molecule has 7 heteroatoms. The molecule has 2 fully saturated rings. The zero-order chi connectivity index (χ0) is 22.3. The molecule has 0 aromatic heterocycles. The minimum absolute atomic E-state index is 0.00192. The molecule has 1 aliphatic heterocycles. The van der Waals surface area contributed by atoms with Gasteiger partial charge in [0.25, 0.3) is 0 Å². The summed E-state index contributed by atoms with van der Waals surface area (Å²) in [5.74, 6) is -1.44. The predicted octanol–water partition coefficient (Wildman–Crippen LogP) is 1.81. The summed E-state index contributed by atoms with van der Waals surface area (Å²) >= 11 is 0. The van der Waals surface area contributed by atoms with Crippen molar-refractivity contribution < 1.29 is 34.4 Å². The maximum Gasteiger partial charge on any atom is 0.343 e. The van der Waals surface area contributed by atoms with Gasteiger partial charge in [-0.3, -0.25) is 0 Å². The number of ether oxygens (including phenoxy) is 2. The molecule has 6 atom stereocenters. The summed E-state index contributed by atoms with van der Waals surface area (Å²) in [6.07, 6.45) is 7.07. The molecule has 0 unspecified atom stereocenters. The van der Waals surface area contributed by atoms with E-state index in [1.165, 1.54) is 31.2 Å². The van der Waals surface area contributed by atoms with Crippen molar-refractivity contribution in [2.75, 3.05) is 6.61 Å². The van der Waals surface area contributed by atoms with Gasteiger partial charge in [0, 0.05) is 23.0 Å². The van der Waals surface area contributed by atoms with E-state index in [4.69, 9.17) is 9.47 Å². The van der Waals surface area contributed by atoms with Gasteiger partial charge in [-0.25, -0.2) is 9.59 Å². The SMILES string of the molecule is C[C@@H](O)[C@@H](O)/C=C/C=C/C(=O)O[C@@H]1C=C2COC(=O)[C@]2(O)[C@@]2(C)CCCC(C)(C)[C@H]12. The molecule has 2 aliphatic carbocycles. The van der Waals surface area contributed by atoms with Crippen molar-refractivity contribution in [3.05, 3.63) is 36.0 Å². The molecule has 1 heterocycles. The lowest BCUT2D eigenvalue weighted by Gasteiger charge is -2.59. The minimum atomic E-state index is -1.69. The highest BCUT2D eigenvalue weighted by molar-refractivity contribution is 5.88. The molecule has 0 amide bonds. The minimum Gasteiger partial charge on any atom is -0.459 e. The van der Waals surface area contributed by atoms with E-state index in [1.54, 1.807) is 6.08 Å². The Hall–Kier alpha value is -1.96. The molecule has 0 spiro atoms. The van der Waals surface area contributed by atoms with Crippen LogP contribution < -0.4 is 0 Å². The van der Waals surface area contributed by atoms with Crippen LogP contribution >= 0.6 is 0 Å². The van der Waals surface area contributed by atoms with E-state index in [0.717, 1.165) is 12.8 Å². The van der Waals surface area contributed by atoms with E-state index >= 15 is 0 Å². The van der Waals surface area contributed by atoms with Crippen molar-refractivity contribution in [2.24, 2.45) is 16.7 Å². The predicted molar refractivity (Wildman–Crippen MR) is 109 cm³/mol. The third-order valence-electron chi connectivity index (χ3n) is 7.08. The summed E-state index contributed by atoms with van der Waals surface area (Å²) in [6, 6.07) is 0. The maximum atomic E-state index is 12.5. The van der Waals surface area contributed by atoms with Gasteiger partial charge >= 0.3 is 11.9 Å². The normalized spacial score (nSPS) is 37.3. The van der Waals surface area contributed by atoms with Crippen LogP contribution in [0.3, 0.4) is 0 Å². The van der Waals surface area contributed by atoms with E-state index in [0.29, 0.717) is 12.0 Å². The number of aliphatic hydroxyl groups is 3. The molecule has 0 radical (unpaired) electrons. The lowest BCUT2D eigenvalue weighted by molar-refractivity contribution is -0.194. The van der Waals surface area contributed by atoms with Crippen LogP contribution in [-0.4, -0.2) is 57.8 Å². The fraction of sp³-hybridized carbons (Fsp3) is 0.652. The van der Waals surface area contributed by atoms with Crippen molar-refractivity contribution in [1.82, 2.24) is 0 Å². The molecular weight excluding hydrogens is 388 g/mol. The van der Waals surface area contributed by atoms with Crippen LogP contribution in [0.5, 0.6) is 0 Å². The quantitative estimate of drug-likeness (QED) is 0.269. The summed E-state index contributed by atoms with van der Waals surface area (Å²) in [5, 5.41) is 30.2. The number of carbonyl (C=O) groups excluding carboxylic acids is 2. The van der Waals surface area contributed by atoms with Gasteiger partial charge in [0.1, 0.15) is 12.7 Å². The van der Waals surface area contributed by atoms with Crippen LogP contribution in [0.2, 0.25) is 0 Å². The van der Waals surface area contributed by atoms with Gasteiger partial charge < -0.3 is 24.8 Å². The van der Waals surface area contributed by atoms with Crippen LogP contribution in [0.1, 0.15) is 47.0 Å². The van der Waals surface area contributed by atoms with E-state index < -0.39 is 41.3 Å². The molecule has 0 bridgehead atoms. The lowest BCUT2D eigenvalue weighted by Crippen LogP contribution is -2.65. The number of carbonyl (C=O) groups is 2. The van der Waals surface area contributed by atoms with Crippen LogP contribution in [-0.2, 0) is 19.1 Å². The van der Waals surface area contributed by atoms with Crippen LogP contribution in [0, 0.1) is 16.7 Å². The average molecular weight is 421 g/mol. The number of fused-ring (bicyclic) bond motifs is 3. The van der Waals surface area contributed by atoms with Gasteiger partial charge in [-0.1, -0.05) is 45.4 Å². The first kappa shape index (κ1) is 22.7. The van der Waals surface area contributed by atoms with Crippen LogP contribution in [0.25, 0.3) is 0 Å². The highest BCUT2D eigenvalue weighted by atomic mass is 16.6. The molecule has 0 aromatic carbocycles. The van der Waals surface area contributed by atoms with Gasteiger partial charge in [-0.2, -0.15) is 0 Å². The summed E-state index contributed by atoms with van der Waals surface area (Å²) in [6.45, 7) is 7.52. The highest BCUT2D eigenvalue weighted by Crippen LogP contribution is 2.63. The Morgan fingerprint density at radius 1 is 1.27 bits per heavy atom. The molecule has 30 heavy (non-hydrogen) atoms. The number of hydrogen-bond donors (Lipinski definition) is 3. The van der Waals surface area contributed by atoms with Crippen LogP contribution in [0.15, 0.2) is 36.0 Å². The number of cyclic esters (lactones) is 1. The first-order valence-corrected chi connectivity index (χ1v) is 10.5. The van der Waals surface area contributed by atoms with E-state index in [1.807, 2.05) is 6.92 Å². The summed E-state index contributed by atoms with van der Waals surface area (Å²) < 4.78 is 11.0. The molecule has 1 saturated carbocycles. The number of aliphatic hydroxyl groups excluding tert-OH is 2. The Balaban J connectivity index is 1.86. The fourth-order valence-electron chi connectivity index (χ4n) is 5.59. The third kappa shape index (κ3) is 3.63. The standard InChI is InChI=1S/C23H32O7/c1-14(24)16(25)8-5-6-9-18(26)30-17-12-15-13-29-20(27)23(15,28)22(4)11-7-10-21(2,3)19(17)22/h5-6,8-9,12,14,16-17,19,24-25,28H,7,10-11,13H2,1-4H3/b8-5+,9-6+/t14-,16+,17-,19+,22+,23+/m1/s1. The molecule has 3 N–H and O–H groups in total. The largest absolute Gasteiger partial charge is 0.459 e. The van der Waals surface area contributed by atoms with Gasteiger partial charge in [0.2, 0.25) is 0 Å². The van der Waals surface area contributed by atoms with E-state index in [2.05, 4.69) is 13.8 Å². The first-order chi connectivity index (χ1) is 13.9. The molecule has 166 valence electrons. The lowest BCUT2D eigenvalue weighted by atomic mass is 9.46. The Labute approximate surface area is 177 Å². The maximum absolute atomic E-state index is 12.5. The molecular formula is C23H32O7. The second-order valence-corrected chi connectivity index (χ2v) is 9.59. The van der Waals surface area contributed by atoms with Gasteiger partial charge in [0.05, 0.1) is 12.2 Å². The zero-order valence-electron chi connectivity index (χ0n) is 18.0. The van der Waals surface area contributed by atoms with Gasteiger partial charge in [0.15, 0.2) is 5.60 Å².